The molecule has 1 aliphatic rings. The monoisotopic (exact) mass is 465 g/mol. The third-order valence-corrected chi connectivity index (χ3v) is 6.54. The highest BCUT2D eigenvalue weighted by Crippen LogP contribution is 2.33. The molecule has 178 valence electrons. The Bertz CT molecular complexity index is 1300. The van der Waals surface area contributed by atoms with Gasteiger partial charge in [-0.25, -0.2) is 4.98 Å². The van der Waals surface area contributed by atoms with Gasteiger partial charge in [-0.2, -0.15) is 0 Å². The topological polar surface area (TPSA) is 63.2 Å². The predicted molar refractivity (Wildman–Crippen MR) is 143 cm³/mol. The van der Waals surface area contributed by atoms with Gasteiger partial charge in [0.2, 0.25) is 5.91 Å². The van der Waals surface area contributed by atoms with Gasteiger partial charge in [0.25, 0.3) is 0 Å². The number of ether oxygens (including phenoxy) is 1. The summed E-state index contributed by atoms with van der Waals surface area (Å²) in [7, 11) is 0. The average molecular weight is 466 g/mol. The number of anilines is 3. The molecule has 0 atom stereocenters. The van der Waals surface area contributed by atoms with Crippen molar-refractivity contribution >= 4 is 33.9 Å². The van der Waals surface area contributed by atoms with E-state index in [9.17, 15) is 4.79 Å². The minimum Gasteiger partial charge on any atom is -0.493 e. The van der Waals surface area contributed by atoms with Crippen LogP contribution in [0.3, 0.4) is 0 Å². The quantitative estimate of drug-likeness (QED) is 0.295. The summed E-state index contributed by atoms with van der Waals surface area (Å²) < 4.78 is 6.07. The Hall–Kier alpha value is -3.86. The molecule has 1 aliphatic carbocycles. The number of amides is 1. The molecule has 0 unspecified atom stereocenters. The molecule has 5 heteroatoms. The third kappa shape index (κ3) is 5.80. The Labute approximate surface area is 206 Å². The van der Waals surface area contributed by atoms with Crippen molar-refractivity contribution in [3.8, 4) is 17.0 Å². The molecule has 5 nitrogen and oxygen atoms in total. The zero-order valence-electron chi connectivity index (χ0n) is 20.1. The van der Waals surface area contributed by atoms with Crippen LogP contribution in [0.2, 0.25) is 0 Å². The van der Waals surface area contributed by atoms with Gasteiger partial charge in [-0.3, -0.25) is 4.79 Å². The lowest BCUT2D eigenvalue weighted by Gasteiger charge is -2.21. The van der Waals surface area contributed by atoms with Crippen LogP contribution >= 0.6 is 0 Å². The van der Waals surface area contributed by atoms with E-state index >= 15 is 0 Å². The first-order chi connectivity index (χ1) is 17.1. The van der Waals surface area contributed by atoms with Crippen LogP contribution in [-0.4, -0.2) is 17.5 Å². The van der Waals surface area contributed by atoms with E-state index < -0.39 is 0 Å². The lowest BCUT2D eigenvalue weighted by molar-refractivity contribution is -0.114. The first-order valence-electron chi connectivity index (χ1n) is 12.4. The van der Waals surface area contributed by atoms with E-state index in [1.54, 1.807) is 0 Å². The van der Waals surface area contributed by atoms with E-state index in [1.165, 1.54) is 39.0 Å². The second-order valence-corrected chi connectivity index (χ2v) is 9.30. The Morgan fingerprint density at radius 1 is 0.914 bits per heavy atom. The molecule has 2 N–H and O–H groups in total. The molecule has 1 amide bonds. The molecule has 1 saturated carbocycles. The first-order valence-corrected chi connectivity index (χ1v) is 12.4. The molecule has 1 fully saturated rings. The van der Waals surface area contributed by atoms with Crippen molar-refractivity contribution in [1.82, 2.24) is 4.98 Å². The van der Waals surface area contributed by atoms with Crippen molar-refractivity contribution in [3.05, 3.63) is 78.9 Å². The SMILES string of the molecule is CC(=O)Nc1ccc2nc(-c3ccccc3)cc(Nc3ccc(OCC4CCCCC4)cc3)c2c1. The lowest BCUT2D eigenvalue weighted by Crippen LogP contribution is -2.15. The third-order valence-electron chi connectivity index (χ3n) is 6.54. The van der Waals surface area contributed by atoms with E-state index in [1.807, 2.05) is 60.7 Å². The Balaban J connectivity index is 1.41. The maximum absolute atomic E-state index is 11.6. The fourth-order valence-electron chi connectivity index (χ4n) is 4.72. The van der Waals surface area contributed by atoms with Crippen LogP contribution in [0.5, 0.6) is 5.75 Å². The highest BCUT2D eigenvalue weighted by molar-refractivity contribution is 5.99. The molecule has 5 rings (SSSR count). The fourth-order valence-corrected chi connectivity index (χ4v) is 4.72. The summed E-state index contributed by atoms with van der Waals surface area (Å²) in [4.78, 5) is 16.5. The average Bonchev–Trinajstić information content (AvgIpc) is 2.89. The van der Waals surface area contributed by atoms with Crippen molar-refractivity contribution in [3.63, 3.8) is 0 Å². The summed E-state index contributed by atoms with van der Waals surface area (Å²) >= 11 is 0. The lowest BCUT2D eigenvalue weighted by atomic mass is 9.90. The van der Waals surface area contributed by atoms with Gasteiger partial charge in [-0.1, -0.05) is 49.6 Å². The standard InChI is InChI=1S/C30H31N3O2/c1-21(34)31-25-14-17-28-27(18-25)30(19-29(33-28)23-10-6-3-7-11-23)32-24-12-15-26(16-13-24)35-20-22-8-4-2-5-9-22/h3,6-7,10-19,22H,2,4-5,8-9,20H2,1H3,(H,31,34)(H,32,33). The smallest absolute Gasteiger partial charge is 0.221 e. The van der Waals surface area contributed by atoms with Crippen LogP contribution in [0.25, 0.3) is 22.2 Å². The van der Waals surface area contributed by atoms with Gasteiger partial charge in [0.05, 0.1) is 23.5 Å². The summed E-state index contributed by atoms with van der Waals surface area (Å²) in [6.07, 6.45) is 6.56. The molecule has 0 bridgehead atoms. The van der Waals surface area contributed by atoms with Crippen molar-refractivity contribution < 1.29 is 9.53 Å². The van der Waals surface area contributed by atoms with E-state index in [0.717, 1.165) is 51.6 Å². The van der Waals surface area contributed by atoms with Gasteiger partial charge in [0.15, 0.2) is 0 Å². The molecule has 1 aromatic heterocycles. The van der Waals surface area contributed by atoms with Gasteiger partial charge in [-0.15, -0.1) is 0 Å². The molecule has 1 heterocycles. The van der Waals surface area contributed by atoms with Gasteiger partial charge < -0.3 is 15.4 Å². The maximum Gasteiger partial charge on any atom is 0.221 e. The van der Waals surface area contributed by atoms with Crippen LogP contribution < -0.4 is 15.4 Å². The molecular formula is C30H31N3O2. The first kappa shape index (κ1) is 22.9. The minimum atomic E-state index is -0.100. The summed E-state index contributed by atoms with van der Waals surface area (Å²) in [6, 6.07) is 26.1. The van der Waals surface area contributed by atoms with E-state index in [4.69, 9.17) is 9.72 Å². The predicted octanol–water partition coefficient (Wildman–Crippen LogP) is 7.56. The van der Waals surface area contributed by atoms with Gasteiger partial charge in [0.1, 0.15) is 5.75 Å². The number of aromatic nitrogens is 1. The number of pyridine rings is 1. The molecule has 0 aliphatic heterocycles. The van der Waals surface area contributed by atoms with Crippen LogP contribution in [0.1, 0.15) is 39.0 Å². The fraction of sp³-hybridized carbons (Fsp3) is 0.267. The number of fused-ring (bicyclic) bond motifs is 1. The van der Waals surface area contributed by atoms with Crippen molar-refractivity contribution in [2.75, 3.05) is 17.2 Å². The Kier molecular flexibility index (Phi) is 6.94. The van der Waals surface area contributed by atoms with Crippen LogP contribution in [-0.2, 0) is 4.79 Å². The van der Waals surface area contributed by atoms with Gasteiger partial charge >= 0.3 is 0 Å². The number of nitrogens with zero attached hydrogens (tertiary/aromatic N) is 1. The molecule has 0 saturated heterocycles. The number of nitrogens with one attached hydrogen (secondary N) is 2. The summed E-state index contributed by atoms with van der Waals surface area (Å²) in [5.41, 5.74) is 5.43. The summed E-state index contributed by atoms with van der Waals surface area (Å²) in [6.45, 7) is 2.31. The Morgan fingerprint density at radius 3 is 2.40 bits per heavy atom. The van der Waals surface area contributed by atoms with E-state index in [0.29, 0.717) is 5.92 Å². The van der Waals surface area contributed by atoms with E-state index in [2.05, 4.69) is 28.8 Å². The highest BCUT2D eigenvalue weighted by Gasteiger charge is 2.14. The number of benzene rings is 3. The largest absolute Gasteiger partial charge is 0.493 e. The second-order valence-electron chi connectivity index (χ2n) is 9.30. The highest BCUT2D eigenvalue weighted by atomic mass is 16.5. The number of hydrogen-bond acceptors (Lipinski definition) is 4. The zero-order chi connectivity index (χ0) is 24.0. The molecule has 4 aromatic rings. The molecule has 0 radical (unpaired) electrons. The zero-order valence-corrected chi connectivity index (χ0v) is 20.1. The molecule has 3 aromatic carbocycles. The summed E-state index contributed by atoms with van der Waals surface area (Å²) in [5.74, 6) is 1.48. The molecule has 35 heavy (non-hydrogen) atoms. The van der Waals surface area contributed by atoms with Crippen LogP contribution in [0.4, 0.5) is 17.1 Å². The second kappa shape index (κ2) is 10.6. The van der Waals surface area contributed by atoms with Crippen LogP contribution in [0, 0.1) is 5.92 Å². The van der Waals surface area contributed by atoms with Gasteiger partial charge in [0, 0.05) is 29.2 Å². The van der Waals surface area contributed by atoms with Crippen molar-refractivity contribution in [2.45, 2.75) is 39.0 Å². The maximum atomic E-state index is 11.6. The number of hydrogen-bond donors (Lipinski definition) is 2. The van der Waals surface area contributed by atoms with Crippen molar-refractivity contribution in [1.29, 1.82) is 0 Å². The van der Waals surface area contributed by atoms with Gasteiger partial charge in [-0.05, 0) is 67.3 Å². The van der Waals surface area contributed by atoms with Crippen LogP contribution in [0.15, 0.2) is 78.9 Å². The van der Waals surface area contributed by atoms with Crippen molar-refractivity contribution in [2.24, 2.45) is 5.92 Å². The summed E-state index contributed by atoms with van der Waals surface area (Å²) in [5, 5.41) is 7.37. The molecular weight excluding hydrogens is 434 g/mol. The number of carbonyl (C=O) groups excluding carboxylic acids is 1. The number of rotatable bonds is 7. The van der Waals surface area contributed by atoms with E-state index in [-0.39, 0.29) is 5.91 Å². The Morgan fingerprint density at radius 2 is 1.66 bits per heavy atom. The minimum absolute atomic E-state index is 0.100. The normalized spacial score (nSPS) is 14.0. The molecule has 0 spiro atoms. The number of carbonyl (C=O) groups is 1.